The predicted octanol–water partition coefficient (Wildman–Crippen LogP) is 3.58. The van der Waals surface area contributed by atoms with Gasteiger partial charge in [-0.25, -0.2) is 0 Å². The summed E-state index contributed by atoms with van der Waals surface area (Å²) in [5.74, 6) is 1.06. The maximum Gasteiger partial charge on any atom is 0.0762 e. The number of aliphatic hydroxyl groups is 1. The Labute approximate surface area is 113 Å². The minimum Gasteiger partial charge on any atom is -0.389 e. The van der Waals surface area contributed by atoms with Crippen LogP contribution >= 0.6 is 23.4 Å². The SMILES string of the molecule is CSCC(C)N(C)c1ccc([C@@H](C)O)cc1Cl. The average molecular weight is 274 g/mol. The number of anilines is 1. The van der Waals surface area contributed by atoms with Crippen molar-refractivity contribution in [1.82, 2.24) is 0 Å². The van der Waals surface area contributed by atoms with Crippen LogP contribution in [-0.4, -0.2) is 30.2 Å². The molecule has 2 atom stereocenters. The van der Waals surface area contributed by atoms with Crippen LogP contribution in [0.1, 0.15) is 25.5 Å². The van der Waals surface area contributed by atoms with Crippen molar-refractivity contribution in [3.8, 4) is 0 Å². The van der Waals surface area contributed by atoms with Gasteiger partial charge in [0.2, 0.25) is 0 Å². The summed E-state index contributed by atoms with van der Waals surface area (Å²) in [6.07, 6.45) is 1.62. The Bertz CT molecular complexity index is 370. The molecule has 0 amide bonds. The first-order valence-electron chi connectivity index (χ1n) is 5.66. The Kier molecular flexibility index (Phi) is 5.63. The van der Waals surface area contributed by atoms with E-state index in [-0.39, 0.29) is 0 Å². The molecule has 0 fully saturated rings. The first-order chi connectivity index (χ1) is 7.97. The fraction of sp³-hybridized carbons (Fsp3) is 0.538. The molecule has 0 radical (unpaired) electrons. The smallest absolute Gasteiger partial charge is 0.0762 e. The molecule has 0 heterocycles. The molecule has 0 saturated carbocycles. The average Bonchev–Trinajstić information content (AvgIpc) is 2.28. The number of hydrogen-bond donors (Lipinski definition) is 1. The number of benzene rings is 1. The van der Waals surface area contributed by atoms with Crippen LogP contribution in [-0.2, 0) is 0 Å². The van der Waals surface area contributed by atoms with Crippen LogP contribution in [0.15, 0.2) is 18.2 Å². The molecule has 1 aromatic rings. The Hall–Kier alpha value is -0.380. The summed E-state index contributed by atoms with van der Waals surface area (Å²) in [5.41, 5.74) is 1.86. The summed E-state index contributed by atoms with van der Waals surface area (Å²) in [4.78, 5) is 2.17. The molecule has 0 bridgehead atoms. The Morgan fingerprint density at radius 1 is 1.41 bits per heavy atom. The van der Waals surface area contributed by atoms with Crippen molar-refractivity contribution in [1.29, 1.82) is 0 Å². The van der Waals surface area contributed by atoms with Crippen molar-refractivity contribution >= 4 is 29.1 Å². The Morgan fingerprint density at radius 3 is 2.53 bits per heavy atom. The zero-order valence-corrected chi connectivity index (χ0v) is 12.3. The van der Waals surface area contributed by atoms with Crippen LogP contribution in [0, 0.1) is 0 Å². The van der Waals surface area contributed by atoms with Crippen LogP contribution in [0.25, 0.3) is 0 Å². The van der Waals surface area contributed by atoms with E-state index in [1.54, 1.807) is 6.92 Å². The van der Waals surface area contributed by atoms with Crippen LogP contribution in [0.5, 0.6) is 0 Å². The standard InChI is InChI=1S/C13H20ClNOS/c1-9(8-17-4)15(3)13-6-5-11(10(2)16)7-12(13)14/h5-7,9-10,16H,8H2,1-4H3/t9?,10-/m1/s1. The highest BCUT2D eigenvalue weighted by atomic mass is 35.5. The monoisotopic (exact) mass is 273 g/mol. The second-order valence-electron chi connectivity index (χ2n) is 4.30. The van der Waals surface area contributed by atoms with Crippen molar-refractivity contribution < 1.29 is 5.11 Å². The number of rotatable bonds is 5. The van der Waals surface area contributed by atoms with Gasteiger partial charge in [0.25, 0.3) is 0 Å². The minimum absolute atomic E-state index is 0.430. The normalized spacial score (nSPS) is 14.5. The van der Waals surface area contributed by atoms with E-state index in [9.17, 15) is 5.11 Å². The van der Waals surface area contributed by atoms with Gasteiger partial charge in [-0.1, -0.05) is 17.7 Å². The van der Waals surface area contributed by atoms with Gasteiger partial charge in [-0.15, -0.1) is 0 Å². The number of nitrogens with zero attached hydrogens (tertiary/aromatic N) is 1. The molecule has 0 aliphatic heterocycles. The van der Waals surface area contributed by atoms with Crippen molar-refractivity contribution in [3.05, 3.63) is 28.8 Å². The summed E-state index contributed by atoms with van der Waals surface area (Å²) in [6, 6.07) is 6.17. The van der Waals surface area contributed by atoms with Crippen LogP contribution in [0.4, 0.5) is 5.69 Å². The number of thioether (sulfide) groups is 1. The van der Waals surface area contributed by atoms with Gasteiger partial charge in [-0.3, -0.25) is 0 Å². The molecule has 1 unspecified atom stereocenters. The zero-order valence-electron chi connectivity index (χ0n) is 10.8. The van der Waals surface area contributed by atoms with Gasteiger partial charge in [-0.2, -0.15) is 11.8 Å². The second kappa shape index (κ2) is 6.53. The maximum absolute atomic E-state index is 9.50. The van der Waals surface area contributed by atoms with E-state index in [1.807, 2.05) is 37.0 Å². The third kappa shape index (κ3) is 3.80. The molecule has 0 spiro atoms. The van der Waals surface area contributed by atoms with E-state index in [0.717, 1.165) is 17.0 Å². The molecule has 0 saturated heterocycles. The lowest BCUT2D eigenvalue weighted by Gasteiger charge is -2.27. The van der Waals surface area contributed by atoms with Crippen molar-refractivity contribution in [2.45, 2.75) is 26.0 Å². The number of hydrogen-bond acceptors (Lipinski definition) is 3. The molecule has 0 aromatic heterocycles. The third-order valence-corrected chi connectivity index (χ3v) is 4.02. The molecular formula is C13H20ClNOS. The Morgan fingerprint density at radius 2 is 2.06 bits per heavy atom. The molecule has 1 N–H and O–H groups in total. The van der Waals surface area contributed by atoms with Gasteiger partial charge in [-0.05, 0) is 37.8 Å². The number of aliphatic hydroxyl groups excluding tert-OH is 1. The lowest BCUT2D eigenvalue weighted by molar-refractivity contribution is 0.199. The molecular weight excluding hydrogens is 254 g/mol. The molecule has 0 aliphatic carbocycles. The summed E-state index contributed by atoms with van der Waals surface area (Å²) in [7, 11) is 2.05. The molecule has 2 nitrogen and oxygen atoms in total. The summed E-state index contributed by atoms with van der Waals surface area (Å²) in [5, 5.41) is 10.2. The summed E-state index contributed by atoms with van der Waals surface area (Å²) >= 11 is 8.07. The van der Waals surface area contributed by atoms with Crippen molar-refractivity contribution in [2.24, 2.45) is 0 Å². The topological polar surface area (TPSA) is 23.5 Å². The molecule has 1 rings (SSSR count). The molecule has 17 heavy (non-hydrogen) atoms. The largest absolute Gasteiger partial charge is 0.389 e. The van der Waals surface area contributed by atoms with Crippen LogP contribution in [0.3, 0.4) is 0 Å². The van der Waals surface area contributed by atoms with Gasteiger partial charge in [0.05, 0.1) is 16.8 Å². The second-order valence-corrected chi connectivity index (χ2v) is 5.62. The Balaban J connectivity index is 2.91. The minimum atomic E-state index is -0.476. The highest BCUT2D eigenvalue weighted by Crippen LogP contribution is 2.29. The van der Waals surface area contributed by atoms with E-state index < -0.39 is 6.10 Å². The van der Waals surface area contributed by atoms with E-state index in [4.69, 9.17) is 11.6 Å². The number of halogens is 1. The quantitative estimate of drug-likeness (QED) is 0.887. The van der Waals surface area contributed by atoms with E-state index >= 15 is 0 Å². The third-order valence-electron chi connectivity index (χ3n) is 2.90. The van der Waals surface area contributed by atoms with Gasteiger partial charge < -0.3 is 10.0 Å². The zero-order chi connectivity index (χ0) is 13.0. The van der Waals surface area contributed by atoms with Gasteiger partial charge in [0, 0.05) is 18.8 Å². The lowest BCUT2D eigenvalue weighted by atomic mass is 10.1. The molecule has 0 aliphatic rings. The molecule has 4 heteroatoms. The lowest BCUT2D eigenvalue weighted by Crippen LogP contribution is -2.31. The van der Waals surface area contributed by atoms with E-state index in [1.165, 1.54) is 0 Å². The van der Waals surface area contributed by atoms with Gasteiger partial charge >= 0.3 is 0 Å². The van der Waals surface area contributed by atoms with Crippen LogP contribution in [0.2, 0.25) is 5.02 Å². The van der Waals surface area contributed by atoms with Crippen molar-refractivity contribution in [3.63, 3.8) is 0 Å². The van der Waals surface area contributed by atoms with E-state index in [2.05, 4.69) is 18.1 Å². The molecule has 96 valence electrons. The van der Waals surface area contributed by atoms with Gasteiger partial charge in [0.1, 0.15) is 0 Å². The highest BCUT2D eigenvalue weighted by Gasteiger charge is 2.13. The molecule has 1 aromatic carbocycles. The fourth-order valence-electron chi connectivity index (χ4n) is 1.66. The highest BCUT2D eigenvalue weighted by molar-refractivity contribution is 7.98. The van der Waals surface area contributed by atoms with Crippen molar-refractivity contribution in [2.75, 3.05) is 24.0 Å². The first kappa shape index (κ1) is 14.7. The predicted molar refractivity (Wildman–Crippen MR) is 78.3 cm³/mol. The summed E-state index contributed by atoms with van der Waals surface area (Å²) < 4.78 is 0. The van der Waals surface area contributed by atoms with Crippen LogP contribution < -0.4 is 4.90 Å². The summed E-state index contributed by atoms with van der Waals surface area (Å²) in [6.45, 7) is 3.92. The fourth-order valence-corrected chi connectivity index (χ4v) is 2.69. The van der Waals surface area contributed by atoms with Gasteiger partial charge in [0.15, 0.2) is 0 Å². The van der Waals surface area contributed by atoms with E-state index in [0.29, 0.717) is 11.1 Å². The maximum atomic E-state index is 9.50. The first-order valence-corrected chi connectivity index (χ1v) is 7.43.